The maximum absolute atomic E-state index is 10.6. The Morgan fingerprint density at radius 2 is 0.852 bits per heavy atom. The summed E-state index contributed by atoms with van der Waals surface area (Å²) in [7, 11) is 0. The fraction of sp³-hybridized carbons (Fsp3) is 0. The van der Waals surface area contributed by atoms with Crippen molar-refractivity contribution >= 4 is 33.5 Å². The van der Waals surface area contributed by atoms with Crippen molar-refractivity contribution in [1.29, 1.82) is 0 Å². The molecule has 4 rings (SSSR count). The summed E-state index contributed by atoms with van der Waals surface area (Å²) in [6.45, 7) is 0. The second kappa shape index (κ2) is 8.97. The molecule has 27 heavy (non-hydrogen) atoms. The van der Waals surface area contributed by atoms with Crippen molar-refractivity contribution in [3.63, 3.8) is 0 Å². The van der Waals surface area contributed by atoms with Crippen molar-refractivity contribution in [3.05, 3.63) is 96.1 Å². The Hall–Kier alpha value is -3.17. The molecule has 2 N–H and O–H groups in total. The number of benzene rings is 4. The number of fused-ring (bicyclic) bond motifs is 2. The average Bonchev–Trinajstić information content (AvgIpc) is 2.67. The van der Waals surface area contributed by atoms with Crippen LogP contribution < -0.4 is 0 Å². The molecule has 4 nitrogen and oxygen atoms in total. The molecule has 0 atom stereocenters. The zero-order valence-electron chi connectivity index (χ0n) is 14.1. The smallest absolute Gasteiger partial charge is 0.335 e. The Morgan fingerprint density at radius 3 is 1.19 bits per heavy atom. The van der Waals surface area contributed by atoms with E-state index in [-0.39, 0.29) is 16.5 Å². The van der Waals surface area contributed by atoms with Gasteiger partial charge in [0.25, 0.3) is 0 Å². The first-order chi connectivity index (χ1) is 12.5. The molecule has 4 aromatic carbocycles. The number of aromatic carboxylic acids is 2. The van der Waals surface area contributed by atoms with E-state index in [1.165, 1.54) is 0 Å². The van der Waals surface area contributed by atoms with Crippen LogP contribution in [-0.2, 0) is 16.5 Å². The van der Waals surface area contributed by atoms with Crippen LogP contribution in [0.25, 0.3) is 21.5 Å². The monoisotopic (exact) mass is 402 g/mol. The topological polar surface area (TPSA) is 74.6 Å². The fourth-order valence-electron chi connectivity index (χ4n) is 2.64. The van der Waals surface area contributed by atoms with Crippen LogP contribution in [0.2, 0.25) is 0 Å². The van der Waals surface area contributed by atoms with Gasteiger partial charge in [-0.1, -0.05) is 60.7 Å². The van der Waals surface area contributed by atoms with Crippen LogP contribution in [0.15, 0.2) is 84.9 Å². The van der Waals surface area contributed by atoms with Crippen LogP contribution in [0.1, 0.15) is 20.7 Å². The molecule has 0 bridgehead atoms. The molecular formula is C22H16NiO4. The summed E-state index contributed by atoms with van der Waals surface area (Å²) in [4.78, 5) is 21.3. The van der Waals surface area contributed by atoms with Crippen LogP contribution >= 0.6 is 0 Å². The van der Waals surface area contributed by atoms with Gasteiger partial charge in [0.2, 0.25) is 0 Å². The molecule has 0 fully saturated rings. The molecule has 0 heterocycles. The summed E-state index contributed by atoms with van der Waals surface area (Å²) in [6, 6.07) is 25.6. The SMILES string of the molecule is O=C(O)c1ccc2ccccc2c1.O=C(O)c1ccc2ccccc2c1.[Ni]. The quantitative estimate of drug-likeness (QED) is 0.459. The molecule has 0 unspecified atom stereocenters. The second-order valence-corrected chi connectivity index (χ2v) is 5.73. The van der Waals surface area contributed by atoms with Crippen molar-refractivity contribution in [1.82, 2.24) is 0 Å². The Morgan fingerprint density at radius 1 is 0.519 bits per heavy atom. The first-order valence-electron chi connectivity index (χ1n) is 7.99. The minimum atomic E-state index is -0.884. The molecule has 0 aliphatic rings. The number of carboxylic acids is 2. The first-order valence-corrected chi connectivity index (χ1v) is 7.99. The number of hydrogen-bond acceptors (Lipinski definition) is 2. The Bertz CT molecular complexity index is 1020. The zero-order chi connectivity index (χ0) is 18.5. The van der Waals surface area contributed by atoms with Crippen molar-refractivity contribution in [2.75, 3.05) is 0 Å². The molecule has 0 radical (unpaired) electrons. The summed E-state index contributed by atoms with van der Waals surface area (Å²) in [6.07, 6.45) is 0. The van der Waals surface area contributed by atoms with Crippen LogP contribution in [0, 0.1) is 0 Å². The van der Waals surface area contributed by atoms with Crippen molar-refractivity contribution in [2.45, 2.75) is 0 Å². The van der Waals surface area contributed by atoms with Crippen molar-refractivity contribution in [3.8, 4) is 0 Å². The van der Waals surface area contributed by atoms with E-state index in [0.717, 1.165) is 21.5 Å². The van der Waals surface area contributed by atoms with Gasteiger partial charge in [-0.05, 0) is 45.8 Å². The minimum Gasteiger partial charge on any atom is -0.478 e. The molecule has 0 aliphatic heterocycles. The Kier molecular flexibility index (Phi) is 6.69. The average molecular weight is 403 g/mol. The predicted octanol–water partition coefficient (Wildman–Crippen LogP) is 5.07. The van der Waals surface area contributed by atoms with Gasteiger partial charge in [0.1, 0.15) is 0 Å². The van der Waals surface area contributed by atoms with E-state index in [1.807, 2.05) is 60.7 Å². The number of carbonyl (C=O) groups is 2. The van der Waals surface area contributed by atoms with Crippen LogP contribution in [0.3, 0.4) is 0 Å². The standard InChI is InChI=1S/2C11H8O2.Ni/c2*12-11(13)10-6-5-8-3-1-2-4-9(8)7-10;/h2*1-7H,(H,12,13);. The summed E-state index contributed by atoms with van der Waals surface area (Å²) in [5.41, 5.74) is 0.664. The van der Waals surface area contributed by atoms with Gasteiger partial charge in [-0.3, -0.25) is 0 Å². The van der Waals surface area contributed by atoms with Crippen LogP contribution in [0.4, 0.5) is 0 Å². The molecule has 0 saturated carbocycles. The molecule has 4 aromatic rings. The summed E-state index contributed by atoms with van der Waals surface area (Å²) < 4.78 is 0. The number of hydrogen-bond donors (Lipinski definition) is 2. The Labute approximate surface area is 166 Å². The van der Waals surface area contributed by atoms with Gasteiger partial charge in [0, 0.05) is 16.5 Å². The third-order valence-electron chi connectivity index (χ3n) is 3.99. The van der Waals surface area contributed by atoms with Gasteiger partial charge >= 0.3 is 11.9 Å². The summed E-state index contributed by atoms with van der Waals surface area (Å²) >= 11 is 0. The number of rotatable bonds is 2. The first kappa shape index (κ1) is 20.1. The molecular weight excluding hydrogens is 387 g/mol. The molecule has 0 spiro atoms. The maximum Gasteiger partial charge on any atom is 0.335 e. The zero-order valence-corrected chi connectivity index (χ0v) is 15.1. The van der Waals surface area contributed by atoms with Gasteiger partial charge in [-0.15, -0.1) is 0 Å². The van der Waals surface area contributed by atoms with Crippen LogP contribution in [0.5, 0.6) is 0 Å². The van der Waals surface area contributed by atoms with Gasteiger partial charge in [0.15, 0.2) is 0 Å². The second-order valence-electron chi connectivity index (χ2n) is 5.73. The van der Waals surface area contributed by atoms with Crippen molar-refractivity contribution in [2.24, 2.45) is 0 Å². The van der Waals surface area contributed by atoms with Gasteiger partial charge in [-0.2, -0.15) is 0 Å². The summed E-state index contributed by atoms with van der Waals surface area (Å²) in [5.74, 6) is -1.77. The molecule has 0 aromatic heterocycles. The molecule has 5 heteroatoms. The molecule has 138 valence electrons. The summed E-state index contributed by atoms with van der Waals surface area (Å²) in [5, 5.41) is 21.5. The largest absolute Gasteiger partial charge is 0.478 e. The van der Waals surface area contributed by atoms with Crippen LogP contribution in [-0.4, -0.2) is 22.2 Å². The maximum atomic E-state index is 10.6. The van der Waals surface area contributed by atoms with E-state index in [2.05, 4.69) is 0 Å². The third-order valence-corrected chi connectivity index (χ3v) is 3.99. The van der Waals surface area contributed by atoms with E-state index < -0.39 is 11.9 Å². The van der Waals surface area contributed by atoms with E-state index in [1.54, 1.807) is 24.3 Å². The van der Waals surface area contributed by atoms with E-state index in [9.17, 15) is 9.59 Å². The molecule has 0 amide bonds. The third kappa shape index (κ3) is 4.93. The van der Waals surface area contributed by atoms with Gasteiger partial charge in [-0.25, -0.2) is 9.59 Å². The molecule has 0 aliphatic carbocycles. The normalized spacial score (nSPS) is 9.78. The minimum absolute atomic E-state index is 0. The number of carboxylic acid groups (broad SMARTS) is 2. The Balaban J connectivity index is 0.000000187. The molecule has 0 saturated heterocycles. The fourth-order valence-corrected chi connectivity index (χ4v) is 2.64. The van der Waals surface area contributed by atoms with E-state index in [0.29, 0.717) is 11.1 Å². The predicted molar refractivity (Wildman–Crippen MR) is 102 cm³/mol. The van der Waals surface area contributed by atoms with E-state index >= 15 is 0 Å². The van der Waals surface area contributed by atoms with Gasteiger partial charge in [0.05, 0.1) is 11.1 Å². The van der Waals surface area contributed by atoms with Crippen molar-refractivity contribution < 1.29 is 36.3 Å². The van der Waals surface area contributed by atoms with E-state index in [4.69, 9.17) is 10.2 Å². The van der Waals surface area contributed by atoms with Gasteiger partial charge < -0.3 is 10.2 Å².